The van der Waals surface area contributed by atoms with Crippen LogP contribution in [0.2, 0.25) is 0 Å². The summed E-state index contributed by atoms with van der Waals surface area (Å²) in [6.07, 6.45) is 0. The number of ether oxygens (including phenoxy) is 1. The van der Waals surface area contributed by atoms with Gasteiger partial charge in [0.05, 0.1) is 7.11 Å². The quantitative estimate of drug-likeness (QED) is 0.652. The highest BCUT2D eigenvalue weighted by Gasteiger charge is 2.10. The molecule has 0 bridgehead atoms. The van der Waals surface area contributed by atoms with Crippen molar-refractivity contribution in [3.63, 3.8) is 0 Å². The van der Waals surface area contributed by atoms with E-state index in [9.17, 15) is 9.28 Å². The molecule has 0 aliphatic carbocycles. The van der Waals surface area contributed by atoms with E-state index in [1.165, 1.54) is 19.2 Å². The maximum absolute atomic E-state index is 12.5. The average molecular weight is 183 g/mol. The number of amides is 1. The predicted molar refractivity (Wildman–Crippen MR) is 46.2 cm³/mol. The smallest absolute Gasteiger partial charge is 0.281 e. The molecular weight excluding hydrogens is 173 g/mol. The highest BCUT2D eigenvalue weighted by Crippen LogP contribution is 2.13. The van der Waals surface area contributed by atoms with Gasteiger partial charge in [0.2, 0.25) is 0 Å². The lowest BCUT2D eigenvalue weighted by atomic mass is 10.2. The molecule has 70 valence electrons. The van der Waals surface area contributed by atoms with Crippen LogP contribution < -0.4 is 4.74 Å². The molecule has 0 saturated heterocycles. The first-order valence-corrected chi connectivity index (χ1v) is 3.73. The van der Waals surface area contributed by atoms with Gasteiger partial charge in [0.25, 0.3) is 5.91 Å². The van der Waals surface area contributed by atoms with E-state index >= 15 is 0 Å². The van der Waals surface area contributed by atoms with E-state index in [1.54, 1.807) is 12.1 Å². The van der Waals surface area contributed by atoms with E-state index in [0.29, 0.717) is 5.75 Å². The van der Waals surface area contributed by atoms with Gasteiger partial charge in [-0.25, -0.2) is 0 Å². The zero-order chi connectivity index (χ0) is 9.84. The molecule has 4 heteroatoms. The van der Waals surface area contributed by atoms with Gasteiger partial charge >= 0.3 is 0 Å². The Morgan fingerprint density at radius 2 is 2.23 bits per heavy atom. The van der Waals surface area contributed by atoms with Crippen molar-refractivity contribution in [2.75, 3.05) is 14.2 Å². The van der Waals surface area contributed by atoms with Crippen molar-refractivity contribution in [2.45, 2.75) is 0 Å². The first kappa shape index (κ1) is 9.51. The first-order chi connectivity index (χ1) is 6.15. The van der Waals surface area contributed by atoms with Crippen LogP contribution in [0.25, 0.3) is 0 Å². The standard InChI is InChI=1S/C9H10FNO2/c1-11(10)9(12)7-4-3-5-8(6-7)13-2/h3-6H,1-2H3. The van der Waals surface area contributed by atoms with E-state index in [-0.39, 0.29) is 10.7 Å². The summed E-state index contributed by atoms with van der Waals surface area (Å²) >= 11 is 0. The molecule has 0 radical (unpaired) electrons. The summed E-state index contributed by atoms with van der Waals surface area (Å²) in [5, 5.41) is 0.0365. The third-order valence-electron chi connectivity index (χ3n) is 1.60. The average Bonchev–Trinajstić information content (AvgIpc) is 2.16. The molecule has 0 heterocycles. The van der Waals surface area contributed by atoms with Gasteiger partial charge in [-0.1, -0.05) is 10.5 Å². The lowest BCUT2D eigenvalue weighted by Gasteiger charge is -2.06. The fraction of sp³-hybridized carbons (Fsp3) is 0.222. The molecule has 1 aromatic carbocycles. The topological polar surface area (TPSA) is 29.5 Å². The molecule has 0 spiro atoms. The number of hydrogen-bond acceptors (Lipinski definition) is 2. The van der Waals surface area contributed by atoms with Crippen LogP contribution in [0.3, 0.4) is 0 Å². The Labute approximate surface area is 75.7 Å². The molecule has 0 N–H and O–H groups in total. The van der Waals surface area contributed by atoms with Crippen LogP contribution in [-0.4, -0.2) is 25.2 Å². The van der Waals surface area contributed by atoms with Crippen LogP contribution >= 0.6 is 0 Å². The van der Waals surface area contributed by atoms with Gasteiger partial charge in [-0.2, -0.15) is 5.12 Å². The molecule has 3 nitrogen and oxygen atoms in total. The van der Waals surface area contributed by atoms with Gasteiger partial charge in [0.1, 0.15) is 5.75 Å². The molecule has 0 saturated carbocycles. The van der Waals surface area contributed by atoms with E-state index in [2.05, 4.69) is 0 Å². The number of carbonyl (C=O) groups is 1. The Hall–Kier alpha value is -1.58. The van der Waals surface area contributed by atoms with Gasteiger partial charge in [-0.05, 0) is 18.2 Å². The summed E-state index contributed by atoms with van der Waals surface area (Å²) in [4.78, 5) is 11.1. The van der Waals surface area contributed by atoms with Crippen molar-refractivity contribution in [3.8, 4) is 5.75 Å². The van der Waals surface area contributed by atoms with Crippen molar-refractivity contribution in [1.29, 1.82) is 0 Å². The number of halogens is 1. The van der Waals surface area contributed by atoms with Crippen molar-refractivity contribution in [2.24, 2.45) is 0 Å². The number of benzene rings is 1. The third kappa shape index (κ3) is 2.18. The molecule has 1 rings (SSSR count). The summed E-state index contributed by atoms with van der Waals surface area (Å²) < 4.78 is 17.4. The van der Waals surface area contributed by atoms with Crippen LogP contribution in [0.5, 0.6) is 5.75 Å². The van der Waals surface area contributed by atoms with Gasteiger partial charge in [0.15, 0.2) is 0 Å². The first-order valence-electron chi connectivity index (χ1n) is 3.73. The zero-order valence-electron chi connectivity index (χ0n) is 7.45. The van der Waals surface area contributed by atoms with Crippen LogP contribution in [0.15, 0.2) is 24.3 Å². The summed E-state index contributed by atoms with van der Waals surface area (Å²) in [6.45, 7) is 0. The Morgan fingerprint density at radius 1 is 1.54 bits per heavy atom. The molecule has 0 aliphatic rings. The van der Waals surface area contributed by atoms with Crippen LogP contribution in [0.4, 0.5) is 4.48 Å². The number of nitrogens with zero attached hydrogens (tertiary/aromatic N) is 1. The van der Waals surface area contributed by atoms with Crippen molar-refractivity contribution in [1.82, 2.24) is 5.12 Å². The van der Waals surface area contributed by atoms with E-state index < -0.39 is 5.91 Å². The molecule has 1 amide bonds. The minimum absolute atomic E-state index is 0.0365. The van der Waals surface area contributed by atoms with Crippen molar-refractivity contribution in [3.05, 3.63) is 29.8 Å². The second-order valence-corrected chi connectivity index (χ2v) is 2.51. The molecule has 0 atom stereocenters. The van der Waals surface area contributed by atoms with E-state index in [4.69, 9.17) is 4.74 Å². The maximum atomic E-state index is 12.5. The van der Waals surface area contributed by atoms with E-state index in [1.807, 2.05) is 0 Å². The normalized spacial score (nSPS) is 9.46. The zero-order valence-corrected chi connectivity index (χ0v) is 7.45. The Balaban J connectivity index is 2.95. The maximum Gasteiger partial charge on any atom is 0.281 e. The minimum atomic E-state index is -0.682. The van der Waals surface area contributed by atoms with Crippen LogP contribution in [-0.2, 0) is 0 Å². The van der Waals surface area contributed by atoms with Gasteiger partial charge in [-0.15, -0.1) is 0 Å². The second kappa shape index (κ2) is 3.89. The molecule has 1 aromatic rings. The Morgan fingerprint density at radius 3 is 2.77 bits per heavy atom. The second-order valence-electron chi connectivity index (χ2n) is 2.51. The van der Waals surface area contributed by atoms with Crippen LogP contribution in [0.1, 0.15) is 10.4 Å². The minimum Gasteiger partial charge on any atom is -0.497 e. The summed E-state index contributed by atoms with van der Waals surface area (Å²) in [7, 11) is 2.55. The number of carbonyl (C=O) groups excluding carboxylic acids is 1. The summed E-state index contributed by atoms with van der Waals surface area (Å²) in [6, 6.07) is 6.34. The van der Waals surface area contributed by atoms with Gasteiger partial charge in [0, 0.05) is 12.6 Å². The predicted octanol–water partition coefficient (Wildman–Crippen LogP) is 1.65. The third-order valence-corrected chi connectivity index (χ3v) is 1.60. The fourth-order valence-electron chi connectivity index (χ4n) is 0.934. The Bertz CT molecular complexity index is 312. The number of methoxy groups -OCH3 is 1. The Kier molecular flexibility index (Phi) is 2.84. The molecular formula is C9H10FNO2. The SMILES string of the molecule is COc1cccc(C(=O)N(C)F)c1. The van der Waals surface area contributed by atoms with Crippen LogP contribution in [0, 0.1) is 0 Å². The summed E-state index contributed by atoms with van der Waals surface area (Å²) in [5.41, 5.74) is 0.268. The highest BCUT2D eigenvalue weighted by atomic mass is 19.2. The van der Waals surface area contributed by atoms with Crippen molar-refractivity contribution < 1.29 is 14.0 Å². The van der Waals surface area contributed by atoms with Gasteiger partial charge < -0.3 is 4.74 Å². The molecule has 0 fully saturated rings. The van der Waals surface area contributed by atoms with Gasteiger partial charge in [-0.3, -0.25) is 4.79 Å². The molecule has 0 aromatic heterocycles. The summed E-state index contributed by atoms with van der Waals surface area (Å²) in [5.74, 6) is -0.147. The lowest BCUT2D eigenvalue weighted by Crippen LogP contribution is -2.17. The molecule has 0 unspecified atom stereocenters. The lowest BCUT2D eigenvalue weighted by molar-refractivity contribution is 0.0343. The molecule has 0 aliphatic heterocycles. The molecule has 13 heavy (non-hydrogen) atoms. The van der Waals surface area contributed by atoms with E-state index in [0.717, 1.165) is 7.05 Å². The fourth-order valence-corrected chi connectivity index (χ4v) is 0.934. The number of hydrogen-bond donors (Lipinski definition) is 0. The number of rotatable bonds is 2. The van der Waals surface area contributed by atoms with Crippen molar-refractivity contribution >= 4 is 5.91 Å². The monoisotopic (exact) mass is 183 g/mol. The highest BCUT2D eigenvalue weighted by molar-refractivity contribution is 5.93. The largest absolute Gasteiger partial charge is 0.497 e.